The van der Waals surface area contributed by atoms with Gasteiger partial charge in [0.15, 0.2) is 0 Å². The largest absolute Gasteiger partial charge is 0.309 e. The Labute approximate surface area is 239 Å². The van der Waals surface area contributed by atoms with Gasteiger partial charge in [-0.1, -0.05) is 140 Å². The zero-order valence-electron chi connectivity index (χ0n) is 22.5. The summed E-state index contributed by atoms with van der Waals surface area (Å²) in [5.74, 6) is 0. The minimum Gasteiger partial charge on any atom is -0.309 e. The van der Waals surface area contributed by atoms with Crippen LogP contribution in [-0.2, 0) is 0 Å². The van der Waals surface area contributed by atoms with Crippen molar-refractivity contribution in [3.8, 4) is 11.1 Å². The van der Waals surface area contributed by atoms with Gasteiger partial charge in [0.2, 0.25) is 0 Å². The van der Waals surface area contributed by atoms with Crippen LogP contribution in [-0.4, -0.2) is 0 Å². The van der Waals surface area contributed by atoms with Crippen LogP contribution in [0.3, 0.4) is 0 Å². The molecule has 0 unspecified atom stereocenters. The number of anilines is 3. The molecule has 0 atom stereocenters. The van der Waals surface area contributed by atoms with Crippen LogP contribution >= 0.6 is 0 Å². The summed E-state index contributed by atoms with van der Waals surface area (Å²) in [5.41, 5.74) is 6.02. The number of hydrogen-bond acceptors (Lipinski definition) is 1. The van der Waals surface area contributed by atoms with Crippen LogP contribution < -0.4 is 4.90 Å². The third-order valence-electron chi connectivity index (χ3n) is 8.19. The topological polar surface area (TPSA) is 3.24 Å². The average molecular weight is 522 g/mol. The van der Waals surface area contributed by atoms with Crippen LogP contribution in [0, 0.1) is 0 Å². The molecule has 8 aromatic rings. The number of para-hydroxylation sites is 1. The Bertz CT molecular complexity index is 2150. The van der Waals surface area contributed by atoms with E-state index in [1.165, 1.54) is 59.9 Å². The van der Waals surface area contributed by atoms with Crippen molar-refractivity contribution < 1.29 is 0 Å². The Morgan fingerprint density at radius 3 is 1.56 bits per heavy atom. The zero-order valence-corrected chi connectivity index (χ0v) is 22.5. The van der Waals surface area contributed by atoms with E-state index in [1.54, 1.807) is 0 Å². The van der Waals surface area contributed by atoms with E-state index >= 15 is 0 Å². The van der Waals surface area contributed by atoms with E-state index < -0.39 is 0 Å². The molecule has 0 aromatic heterocycles. The van der Waals surface area contributed by atoms with Gasteiger partial charge in [0, 0.05) is 22.1 Å². The maximum Gasteiger partial charge on any atom is 0.0618 e. The van der Waals surface area contributed by atoms with E-state index in [2.05, 4.69) is 169 Å². The lowest BCUT2D eigenvalue weighted by atomic mass is 9.88. The van der Waals surface area contributed by atoms with E-state index in [0.29, 0.717) is 0 Å². The number of benzene rings is 8. The average Bonchev–Trinajstić information content (AvgIpc) is 3.05. The fraction of sp³-hybridized carbons (Fsp3) is 0. The summed E-state index contributed by atoms with van der Waals surface area (Å²) in [7, 11) is 0. The molecule has 0 aliphatic rings. The van der Waals surface area contributed by atoms with E-state index in [0.717, 1.165) is 11.4 Å². The van der Waals surface area contributed by atoms with Crippen molar-refractivity contribution in [3.05, 3.63) is 164 Å². The fourth-order valence-electron chi connectivity index (χ4n) is 6.38. The monoisotopic (exact) mass is 521 g/mol. The first kappa shape index (κ1) is 23.5. The molecule has 41 heavy (non-hydrogen) atoms. The summed E-state index contributed by atoms with van der Waals surface area (Å²) in [6, 6.07) is 59.3. The molecule has 192 valence electrons. The summed E-state index contributed by atoms with van der Waals surface area (Å²) < 4.78 is 0. The second-order valence-corrected chi connectivity index (χ2v) is 10.5. The standard InChI is InChI=1S/C40H27N/c1-2-17-31(18-3-1)41(32-26-25-28-13-4-5-15-30(28)27-32)40-37-22-10-8-20-35(37)39(36-21-9-11-23-38(36)40)34-24-12-16-29-14-6-7-19-33(29)34/h1-27H. The van der Waals surface area contributed by atoms with E-state index in [4.69, 9.17) is 0 Å². The second kappa shape index (κ2) is 9.66. The van der Waals surface area contributed by atoms with Gasteiger partial charge >= 0.3 is 0 Å². The van der Waals surface area contributed by atoms with E-state index in [1.807, 2.05) is 0 Å². The van der Waals surface area contributed by atoms with Gasteiger partial charge in [0.05, 0.1) is 5.69 Å². The molecular formula is C40H27N. The third kappa shape index (κ3) is 3.86. The maximum atomic E-state index is 2.43. The van der Waals surface area contributed by atoms with Gasteiger partial charge in [-0.2, -0.15) is 0 Å². The molecular weight excluding hydrogens is 494 g/mol. The van der Waals surface area contributed by atoms with Crippen molar-refractivity contribution in [1.82, 2.24) is 0 Å². The highest BCUT2D eigenvalue weighted by atomic mass is 15.1. The quantitative estimate of drug-likeness (QED) is 0.208. The van der Waals surface area contributed by atoms with Gasteiger partial charge in [-0.3, -0.25) is 0 Å². The van der Waals surface area contributed by atoms with E-state index in [-0.39, 0.29) is 0 Å². The van der Waals surface area contributed by atoms with Crippen LogP contribution in [0.25, 0.3) is 54.2 Å². The summed E-state index contributed by atoms with van der Waals surface area (Å²) in [6.45, 7) is 0. The molecule has 1 heteroatoms. The fourth-order valence-corrected chi connectivity index (χ4v) is 6.38. The van der Waals surface area contributed by atoms with Crippen LogP contribution in [0.1, 0.15) is 0 Å². The van der Waals surface area contributed by atoms with Crippen molar-refractivity contribution in [3.63, 3.8) is 0 Å². The second-order valence-electron chi connectivity index (χ2n) is 10.5. The minimum absolute atomic E-state index is 1.14. The maximum absolute atomic E-state index is 2.43. The highest BCUT2D eigenvalue weighted by Crippen LogP contribution is 2.49. The first-order chi connectivity index (χ1) is 20.4. The SMILES string of the molecule is c1ccc(N(c2ccc3ccccc3c2)c2c3ccccc3c(-c3cccc4ccccc34)c3ccccc23)cc1. The highest BCUT2D eigenvalue weighted by molar-refractivity contribution is 6.24. The van der Waals surface area contributed by atoms with Crippen LogP contribution in [0.15, 0.2) is 164 Å². The summed E-state index contributed by atoms with van der Waals surface area (Å²) in [4.78, 5) is 2.43. The Morgan fingerprint density at radius 2 is 0.854 bits per heavy atom. The molecule has 0 aliphatic carbocycles. The van der Waals surface area contributed by atoms with Crippen molar-refractivity contribution >= 4 is 60.2 Å². The summed E-state index contributed by atoms with van der Waals surface area (Å²) in [6.07, 6.45) is 0. The molecule has 0 N–H and O–H groups in total. The Hall–Kier alpha value is -5.40. The third-order valence-corrected chi connectivity index (χ3v) is 8.19. The molecule has 8 aromatic carbocycles. The summed E-state index contributed by atoms with van der Waals surface area (Å²) >= 11 is 0. The van der Waals surface area contributed by atoms with Gasteiger partial charge in [0.1, 0.15) is 0 Å². The number of rotatable bonds is 4. The molecule has 0 saturated carbocycles. The lowest BCUT2D eigenvalue weighted by Gasteiger charge is -2.30. The highest BCUT2D eigenvalue weighted by Gasteiger charge is 2.22. The van der Waals surface area contributed by atoms with Gasteiger partial charge in [-0.15, -0.1) is 0 Å². The molecule has 0 saturated heterocycles. The van der Waals surface area contributed by atoms with Crippen molar-refractivity contribution in [2.24, 2.45) is 0 Å². The number of fused-ring (bicyclic) bond motifs is 4. The molecule has 0 spiro atoms. The Balaban J connectivity index is 1.52. The normalized spacial score (nSPS) is 11.4. The van der Waals surface area contributed by atoms with Crippen molar-refractivity contribution in [2.75, 3.05) is 4.90 Å². The number of nitrogens with zero attached hydrogens (tertiary/aromatic N) is 1. The minimum atomic E-state index is 1.14. The van der Waals surface area contributed by atoms with Gasteiger partial charge in [-0.05, 0) is 67.7 Å². The summed E-state index contributed by atoms with van der Waals surface area (Å²) in [5, 5.41) is 9.95. The zero-order chi connectivity index (χ0) is 27.2. The molecule has 0 bridgehead atoms. The smallest absolute Gasteiger partial charge is 0.0618 e. The molecule has 0 heterocycles. The van der Waals surface area contributed by atoms with Gasteiger partial charge in [0.25, 0.3) is 0 Å². The number of hydrogen-bond donors (Lipinski definition) is 0. The first-order valence-electron chi connectivity index (χ1n) is 14.1. The Kier molecular flexibility index (Phi) is 5.53. The Morgan fingerprint density at radius 1 is 0.317 bits per heavy atom. The van der Waals surface area contributed by atoms with Crippen LogP contribution in [0.5, 0.6) is 0 Å². The van der Waals surface area contributed by atoms with Crippen LogP contribution in [0.4, 0.5) is 17.1 Å². The van der Waals surface area contributed by atoms with Gasteiger partial charge in [-0.25, -0.2) is 0 Å². The molecule has 0 amide bonds. The molecule has 0 aliphatic heterocycles. The molecule has 1 nitrogen and oxygen atoms in total. The van der Waals surface area contributed by atoms with E-state index in [9.17, 15) is 0 Å². The molecule has 0 fully saturated rings. The molecule has 0 radical (unpaired) electrons. The first-order valence-corrected chi connectivity index (χ1v) is 14.1. The predicted octanol–water partition coefficient (Wildman–Crippen LogP) is 11.4. The van der Waals surface area contributed by atoms with Gasteiger partial charge < -0.3 is 4.90 Å². The lowest BCUT2D eigenvalue weighted by Crippen LogP contribution is -2.11. The predicted molar refractivity (Wildman–Crippen MR) is 177 cm³/mol. The van der Waals surface area contributed by atoms with Crippen molar-refractivity contribution in [2.45, 2.75) is 0 Å². The van der Waals surface area contributed by atoms with Crippen LogP contribution in [0.2, 0.25) is 0 Å². The lowest BCUT2D eigenvalue weighted by molar-refractivity contribution is 1.32. The molecule has 8 rings (SSSR count). The van der Waals surface area contributed by atoms with Crippen molar-refractivity contribution in [1.29, 1.82) is 0 Å².